The van der Waals surface area contributed by atoms with Gasteiger partial charge in [0.25, 0.3) is 0 Å². The molecule has 1 aromatic rings. The van der Waals surface area contributed by atoms with E-state index in [9.17, 15) is 0 Å². The number of nitrogens with zero attached hydrogens (tertiary/aromatic N) is 1. The maximum Gasteiger partial charge on any atom is 0.161 e. The largest absolute Gasteiger partial charge is 0.399 e. The van der Waals surface area contributed by atoms with Crippen molar-refractivity contribution in [2.45, 2.75) is 12.2 Å². The zero-order valence-electron chi connectivity index (χ0n) is 8.03. The molecule has 0 saturated carbocycles. The summed E-state index contributed by atoms with van der Waals surface area (Å²) in [5.41, 5.74) is 7.42. The van der Waals surface area contributed by atoms with Gasteiger partial charge in [0.1, 0.15) is 0 Å². The van der Waals surface area contributed by atoms with E-state index in [4.69, 9.17) is 5.73 Å². The van der Waals surface area contributed by atoms with Gasteiger partial charge in [-0.15, -0.1) is 0 Å². The van der Waals surface area contributed by atoms with E-state index >= 15 is 0 Å². The predicted molar refractivity (Wildman–Crippen MR) is 63.8 cm³/mol. The van der Waals surface area contributed by atoms with E-state index in [1.165, 1.54) is 0 Å². The topological polar surface area (TPSA) is 50.4 Å². The lowest BCUT2D eigenvalue weighted by Crippen LogP contribution is -2.05. The van der Waals surface area contributed by atoms with Crippen LogP contribution in [0.15, 0.2) is 29.3 Å². The maximum atomic E-state index is 5.59. The second-order valence-corrected chi connectivity index (χ2v) is 4.75. The van der Waals surface area contributed by atoms with Crippen LogP contribution in [-0.2, 0) is 0 Å². The number of anilines is 2. The van der Waals surface area contributed by atoms with Crippen molar-refractivity contribution in [3.63, 3.8) is 0 Å². The molecular weight excluding hydrogens is 194 g/mol. The van der Waals surface area contributed by atoms with Crippen LogP contribution in [0.25, 0.3) is 0 Å². The normalized spacial score (nSPS) is 20.6. The summed E-state index contributed by atoms with van der Waals surface area (Å²) >= 11 is 1.77. The van der Waals surface area contributed by atoms with Gasteiger partial charge >= 0.3 is 0 Å². The van der Waals surface area contributed by atoms with Crippen LogP contribution in [-0.4, -0.2) is 17.0 Å². The van der Waals surface area contributed by atoms with Gasteiger partial charge in [0.2, 0.25) is 0 Å². The third-order valence-corrected chi connectivity index (χ3v) is 2.97. The van der Waals surface area contributed by atoms with Crippen LogP contribution in [0.2, 0.25) is 0 Å². The Balaban J connectivity index is 2.01. The Labute approximate surface area is 87.8 Å². The molecule has 3 nitrogen and oxygen atoms in total. The Morgan fingerprint density at radius 3 is 2.71 bits per heavy atom. The van der Waals surface area contributed by atoms with Crippen LogP contribution >= 0.6 is 11.8 Å². The van der Waals surface area contributed by atoms with Crippen LogP contribution in [0, 0.1) is 0 Å². The van der Waals surface area contributed by atoms with Crippen molar-refractivity contribution in [1.82, 2.24) is 0 Å². The minimum atomic E-state index is 0.589. The number of hydrogen-bond donors (Lipinski definition) is 2. The average molecular weight is 207 g/mol. The van der Waals surface area contributed by atoms with Gasteiger partial charge in [0.05, 0.1) is 6.54 Å². The highest BCUT2D eigenvalue weighted by Gasteiger charge is 2.14. The number of nitrogens with one attached hydrogen (secondary N) is 1. The van der Waals surface area contributed by atoms with Gasteiger partial charge in [0.15, 0.2) is 5.17 Å². The number of thioether (sulfide) groups is 1. The molecule has 0 amide bonds. The minimum absolute atomic E-state index is 0.589. The molecule has 3 N–H and O–H groups in total. The molecule has 14 heavy (non-hydrogen) atoms. The molecule has 0 unspecified atom stereocenters. The number of nitrogen functional groups attached to an aromatic ring is 1. The molecule has 0 aromatic heterocycles. The molecule has 0 radical (unpaired) electrons. The third-order valence-electron chi connectivity index (χ3n) is 1.97. The van der Waals surface area contributed by atoms with Crippen LogP contribution in [0.3, 0.4) is 0 Å². The van der Waals surface area contributed by atoms with E-state index in [0.29, 0.717) is 5.25 Å². The van der Waals surface area contributed by atoms with Crippen LogP contribution in [0.1, 0.15) is 6.92 Å². The number of aliphatic imine (C=N–C) groups is 1. The number of amidine groups is 1. The Morgan fingerprint density at radius 1 is 1.43 bits per heavy atom. The van der Waals surface area contributed by atoms with Gasteiger partial charge in [-0.25, -0.2) is 0 Å². The summed E-state index contributed by atoms with van der Waals surface area (Å²) < 4.78 is 0. The molecule has 1 aliphatic rings. The van der Waals surface area contributed by atoms with Crippen LogP contribution in [0.4, 0.5) is 11.4 Å². The minimum Gasteiger partial charge on any atom is -0.399 e. The number of nitrogens with two attached hydrogens (primary N) is 1. The highest BCUT2D eigenvalue weighted by molar-refractivity contribution is 8.15. The summed E-state index contributed by atoms with van der Waals surface area (Å²) in [6.07, 6.45) is 0. The van der Waals surface area contributed by atoms with E-state index < -0.39 is 0 Å². The summed E-state index contributed by atoms with van der Waals surface area (Å²) in [6.45, 7) is 3.08. The lowest BCUT2D eigenvalue weighted by Gasteiger charge is -2.05. The molecule has 4 heteroatoms. The molecule has 2 rings (SSSR count). The third kappa shape index (κ3) is 2.20. The quantitative estimate of drug-likeness (QED) is 0.694. The van der Waals surface area contributed by atoms with Crippen molar-refractivity contribution in [3.05, 3.63) is 24.3 Å². The van der Waals surface area contributed by atoms with Crippen molar-refractivity contribution in [1.29, 1.82) is 0 Å². The van der Waals surface area contributed by atoms with Crippen molar-refractivity contribution in [3.8, 4) is 0 Å². The maximum absolute atomic E-state index is 5.59. The molecule has 0 bridgehead atoms. The molecule has 1 aliphatic heterocycles. The molecule has 1 atom stereocenters. The highest BCUT2D eigenvalue weighted by atomic mass is 32.2. The zero-order valence-corrected chi connectivity index (χ0v) is 8.84. The van der Waals surface area contributed by atoms with E-state index in [2.05, 4.69) is 17.2 Å². The fourth-order valence-corrected chi connectivity index (χ4v) is 2.09. The number of hydrogen-bond acceptors (Lipinski definition) is 4. The SMILES string of the molecule is C[C@H]1CN=C(Nc2ccc(N)cc2)S1. The lowest BCUT2D eigenvalue weighted by atomic mass is 10.3. The van der Waals surface area contributed by atoms with Gasteiger partial charge in [-0.3, -0.25) is 4.99 Å². The first-order chi connectivity index (χ1) is 6.74. The van der Waals surface area contributed by atoms with E-state index in [0.717, 1.165) is 23.1 Å². The molecule has 0 spiro atoms. The second kappa shape index (κ2) is 3.92. The second-order valence-electron chi connectivity index (χ2n) is 3.32. The summed E-state index contributed by atoms with van der Waals surface area (Å²) in [6, 6.07) is 7.68. The molecule has 74 valence electrons. The predicted octanol–water partition coefficient (Wildman–Crippen LogP) is 2.17. The Bertz CT molecular complexity index is 345. The molecule has 0 saturated heterocycles. The van der Waals surface area contributed by atoms with Crippen LogP contribution in [0.5, 0.6) is 0 Å². The Hall–Kier alpha value is -1.16. The van der Waals surface area contributed by atoms with E-state index in [1.54, 1.807) is 11.8 Å². The highest BCUT2D eigenvalue weighted by Crippen LogP contribution is 2.22. The van der Waals surface area contributed by atoms with Gasteiger partial charge in [-0.1, -0.05) is 18.7 Å². The van der Waals surface area contributed by atoms with Crippen molar-refractivity contribution < 1.29 is 0 Å². The monoisotopic (exact) mass is 207 g/mol. The lowest BCUT2D eigenvalue weighted by molar-refractivity contribution is 0.976. The van der Waals surface area contributed by atoms with E-state index in [1.807, 2.05) is 24.3 Å². The number of rotatable bonds is 1. The first-order valence-electron chi connectivity index (χ1n) is 4.58. The molecule has 1 heterocycles. The molecule has 1 aromatic carbocycles. The van der Waals surface area contributed by atoms with Crippen molar-refractivity contribution in [2.75, 3.05) is 17.6 Å². The number of benzene rings is 1. The van der Waals surface area contributed by atoms with Crippen molar-refractivity contribution in [2.24, 2.45) is 4.99 Å². The summed E-state index contributed by atoms with van der Waals surface area (Å²) in [4.78, 5) is 4.37. The van der Waals surface area contributed by atoms with Gasteiger partial charge in [-0.2, -0.15) is 0 Å². The average Bonchev–Trinajstić information content (AvgIpc) is 2.56. The summed E-state index contributed by atoms with van der Waals surface area (Å²) in [5, 5.41) is 4.85. The first kappa shape index (κ1) is 9.40. The van der Waals surface area contributed by atoms with Gasteiger partial charge in [0, 0.05) is 16.6 Å². The molecule has 0 aliphatic carbocycles. The van der Waals surface area contributed by atoms with Gasteiger partial charge in [-0.05, 0) is 24.3 Å². The van der Waals surface area contributed by atoms with Crippen LogP contribution < -0.4 is 11.1 Å². The fourth-order valence-electron chi connectivity index (χ4n) is 1.24. The smallest absolute Gasteiger partial charge is 0.161 e. The fraction of sp³-hybridized carbons (Fsp3) is 0.300. The first-order valence-corrected chi connectivity index (χ1v) is 5.45. The molecule has 0 fully saturated rings. The Kier molecular flexibility index (Phi) is 2.63. The molecular formula is C10H13N3S. The van der Waals surface area contributed by atoms with Crippen molar-refractivity contribution >= 4 is 28.3 Å². The summed E-state index contributed by atoms with van der Waals surface area (Å²) in [7, 11) is 0. The van der Waals surface area contributed by atoms with E-state index in [-0.39, 0.29) is 0 Å². The zero-order chi connectivity index (χ0) is 9.97. The summed E-state index contributed by atoms with van der Waals surface area (Å²) in [5.74, 6) is 0. The standard InChI is InChI=1S/C10H13N3S/c1-7-6-12-10(14-7)13-9-4-2-8(11)3-5-9/h2-5,7H,6,11H2,1H3,(H,12,13)/t7-/m0/s1. The van der Waals surface area contributed by atoms with Gasteiger partial charge < -0.3 is 11.1 Å². The Morgan fingerprint density at radius 2 is 2.14 bits per heavy atom.